The van der Waals surface area contributed by atoms with Crippen molar-refractivity contribution in [3.05, 3.63) is 54.6 Å². The molecular weight excluding hydrogens is 401 g/mol. The third-order valence-corrected chi connectivity index (χ3v) is 4.26. The van der Waals surface area contributed by atoms with E-state index in [2.05, 4.69) is 25.3 Å². The minimum Gasteiger partial charge on any atom is -0.480 e. The van der Waals surface area contributed by atoms with Crippen LogP contribution in [-0.4, -0.2) is 38.6 Å². The average molecular weight is 416 g/mol. The Labute approximate surface area is 168 Å². The summed E-state index contributed by atoms with van der Waals surface area (Å²) in [6, 6.07) is 5.00. The highest BCUT2D eigenvalue weighted by Crippen LogP contribution is 2.33. The second-order valence-corrected chi connectivity index (χ2v) is 6.10. The lowest BCUT2D eigenvalue weighted by molar-refractivity contribution is -0.137. The first kappa shape index (κ1) is 19.4. The molecule has 8 nitrogen and oxygen atoms in total. The molecule has 0 atom stereocenters. The van der Waals surface area contributed by atoms with Crippen LogP contribution in [0.15, 0.2) is 49.1 Å². The monoisotopic (exact) mass is 416 g/mol. The van der Waals surface area contributed by atoms with Gasteiger partial charge in [-0.2, -0.15) is 18.2 Å². The average Bonchev–Trinajstić information content (AvgIpc) is 3.18. The molecule has 3 heterocycles. The fraction of sp³-hybridized carbons (Fsp3) is 0.158. The molecule has 0 unspecified atom stereocenters. The first-order valence-electron chi connectivity index (χ1n) is 8.62. The summed E-state index contributed by atoms with van der Waals surface area (Å²) in [5.41, 5.74) is 1.05. The Kier molecular flexibility index (Phi) is 4.86. The number of imidazole rings is 1. The number of fused-ring (bicyclic) bond motifs is 1. The molecule has 4 aromatic rings. The maximum Gasteiger partial charge on any atom is 0.416 e. The number of halogens is 3. The minimum absolute atomic E-state index is 0.151. The molecule has 0 aliphatic carbocycles. The first-order chi connectivity index (χ1) is 14.4. The van der Waals surface area contributed by atoms with E-state index in [4.69, 9.17) is 9.47 Å². The molecule has 11 heteroatoms. The quantitative estimate of drug-likeness (QED) is 0.527. The van der Waals surface area contributed by atoms with E-state index in [0.29, 0.717) is 16.9 Å². The number of nitrogens with zero attached hydrogens (tertiary/aromatic N) is 5. The molecule has 30 heavy (non-hydrogen) atoms. The lowest BCUT2D eigenvalue weighted by Gasteiger charge is -2.11. The van der Waals surface area contributed by atoms with Crippen LogP contribution in [0.25, 0.3) is 16.9 Å². The molecule has 0 bridgehead atoms. The maximum absolute atomic E-state index is 13.0. The molecule has 4 rings (SSSR count). The smallest absolute Gasteiger partial charge is 0.416 e. The zero-order chi connectivity index (χ0) is 21.3. The molecule has 0 spiro atoms. The van der Waals surface area contributed by atoms with Crippen molar-refractivity contribution >= 4 is 17.2 Å². The van der Waals surface area contributed by atoms with Crippen molar-refractivity contribution in [1.29, 1.82) is 0 Å². The fourth-order valence-electron chi connectivity index (χ4n) is 2.90. The second-order valence-electron chi connectivity index (χ2n) is 6.10. The number of alkyl halides is 3. The number of anilines is 2. The van der Waals surface area contributed by atoms with E-state index in [0.717, 1.165) is 12.1 Å². The summed E-state index contributed by atoms with van der Waals surface area (Å²) in [5, 5.41) is 2.89. The standard InChI is InChI=1S/C19H15F3N6O2/c1-29-17-13(9-25-18(27-17)30-2)14-10-24-16-15(23-6-7-28(14)16)26-12-5-3-4-11(8-12)19(20,21)22/h3-10H,1-2H3,(H,23,26). The summed E-state index contributed by atoms with van der Waals surface area (Å²) in [5.74, 6) is 0.573. The number of rotatable bonds is 5. The second kappa shape index (κ2) is 7.50. The van der Waals surface area contributed by atoms with Gasteiger partial charge in [-0.1, -0.05) is 6.07 Å². The zero-order valence-corrected chi connectivity index (χ0v) is 15.8. The fourth-order valence-corrected chi connectivity index (χ4v) is 2.90. The molecule has 0 saturated heterocycles. The number of hydrogen-bond acceptors (Lipinski definition) is 7. The van der Waals surface area contributed by atoms with Gasteiger partial charge in [0.2, 0.25) is 5.88 Å². The van der Waals surface area contributed by atoms with Crippen LogP contribution in [0, 0.1) is 0 Å². The van der Waals surface area contributed by atoms with Crippen LogP contribution in [0.5, 0.6) is 11.9 Å². The van der Waals surface area contributed by atoms with Crippen LogP contribution >= 0.6 is 0 Å². The molecule has 0 radical (unpaired) electrons. The van der Waals surface area contributed by atoms with E-state index in [1.807, 2.05) is 0 Å². The van der Waals surface area contributed by atoms with Crippen molar-refractivity contribution in [3.8, 4) is 23.1 Å². The van der Waals surface area contributed by atoms with Crippen LogP contribution in [0.2, 0.25) is 0 Å². The van der Waals surface area contributed by atoms with Crippen molar-refractivity contribution in [2.24, 2.45) is 0 Å². The highest BCUT2D eigenvalue weighted by Gasteiger charge is 2.30. The van der Waals surface area contributed by atoms with E-state index in [1.165, 1.54) is 38.7 Å². The Bertz CT molecular complexity index is 1210. The van der Waals surface area contributed by atoms with Gasteiger partial charge in [0.15, 0.2) is 11.5 Å². The van der Waals surface area contributed by atoms with Gasteiger partial charge in [-0.05, 0) is 18.2 Å². The van der Waals surface area contributed by atoms with Gasteiger partial charge in [0.25, 0.3) is 0 Å². The summed E-state index contributed by atoms with van der Waals surface area (Å²) < 4.78 is 51.0. The Balaban J connectivity index is 1.75. The maximum atomic E-state index is 13.0. The molecule has 0 aliphatic heterocycles. The number of methoxy groups -OCH3 is 2. The van der Waals surface area contributed by atoms with E-state index in [1.54, 1.807) is 16.8 Å². The molecule has 0 saturated carbocycles. The van der Waals surface area contributed by atoms with Gasteiger partial charge >= 0.3 is 12.2 Å². The Morgan fingerprint density at radius 2 is 1.87 bits per heavy atom. The third-order valence-electron chi connectivity index (χ3n) is 4.26. The van der Waals surface area contributed by atoms with Crippen molar-refractivity contribution in [2.45, 2.75) is 6.18 Å². The van der Waals surface area contributed by atoms with Crippen molar-refractivity contribution in [2.75, 3.05) is 19.5 Å². The van der Waals surface area contributed by atoms with E-state index >= 15 is 0 Å². The van der Waals surface area contributed by atoms with Crippen molar-refractivity contribution in [1.82, 2.24) is 24.3 Å². The van der Waals surface area contributed by atoms with E-state index < -0.39 is 11.7 Å². The van der Waals surface area contributed by atoms with Crippen LogP contribution in [0.4, 0.5) is 24.7 Å². The van der Waals surface area contributed by atoms with Gasteiger partial charge in [-0.25, -0.2) is 15.0 Å². The summed E-state index contributed by atoms with van der Waals surface area (Å²) in [6.07, 6.45) is 1.84. The number of benzene rings is 1. The number of hydrogen-bond donors (Lipinski definition) is 1. The Morgan fingerprint density at radius 1 is 1.03 bits per heavy atom. The van der Waals surface area contributed by atoms with Gasteiger partial charge < -0.3 is 14.8 Å². The molecule has 0 aliphatic rings. The van der Waals surface area contributed by atoms with Crippen LogP contribution < -0.4 is 14.8 Å². The number of ether oxygens (including phenoxy) is 2. The molecule has 3 aromatic heterocycles. The Hall–Kier alpha value is -3.89. The summed E-state index contributed by atoms with van der Waals surface area (Å²) in [6.45, 7) is 0. The Morgan fingerprint density at radius 3 is 2.60 bits per heavy atom. The predicted octanol–water partition coefficient (Wildman–Crippen LogP) is 3.97. The first-order valence-corrected chi connectivity index (χ1v) is 8.62. The highest BCUT2D eigenvalue weighted by atomic mass is 19.4. The van der Waals surface area contributed by atoms with E-state index in [-0.39, 0.29) is 23.4 Å². The molecule has 0 amide bonds. The van der Waals surface area contributed by atoms with E-state index in [9.17, 15) is 13.2 Å². The van der Waals surface area contributed by atoms with Gasteiger partial charge in [0.1, 0.15) is 0 Å². The van der Waals surface area contributed by atoms with Gasteiger partial charge in [-0.3, -0.25) is 4.40 Å². The van der Waals surface area contributed by atoms with Crippen LogP contribution in [0.1, 0.15) is 5.56 Å². The topological polar surface area (TPSA) is 86.5 Å². The van der Waals surface area contributed by atoms with Crippen LogP contribution in [-0.2, 0) is 6.18 Å². The predicted molar refractivity (Wildman–Crippen MR) is 102 cm³/mol. The number of nitrogens with one attached hydrogen (secondary N) is 1. The molecule has 0 fully saturated rings. The normalized spacial score (nSPS) is 11.5. The lowest BCUT2D eigenvalue weighted by atomic mass is 10.2. The van der Waals surface area contributed by atoms with Gasteiger partial charge in [0, 0.05) is 24.3 Å². The third kappa shape index (κ3) is 3.56. The van der Waals surface area contributed by atoms with Crippen molar-refractivity contribution < 1.29 is 22.6 Å². The summed E-state index contributed by atoms with van der Waals surface area (Å²) >= 11 is 0. The highest BCUT2D eigenvalue weighted by molar-refractivity contribution is 5.75. The molecule has 1 aromatic carbocycles. The minimum atomic E-state index is -4.44. The lowest BCUT2D eigenvalue weighted by Crippen LogP contribution is -2.05. The number of aromatic nitrogens is 5. The molecule has 1 N–H and O–H groups in total. The summed E-state index contributed by atoms with van der Waals surface area (Å²) in [7, 11) is 2.91. The van der Waals surface area contributed by atoms with Crippen LogP contribution in [0.3, 0.4) is 0 Å². The SMILES string of the molecule is COc1ncc(-c2cnc3c(Nc4cccc(C(F)(F)F)c4)nccn23)c(OC)n1. The van der Waals surface area contributed by atoms with Gasteiger partial charge in [-0.15, -0.1) is 0 Å². The molecule has 154 valence electrons. The largest absolute Gasteiger partial charge is 0.480 e. The zero-order valence-electron chi connectivity index (χ0n) is 15.8. The summed E-state index contributed by atoms with van der Waals surface area (Å²) in [4.78, 5) is 16.8. The van der Waals surface area contributed by atoms with Gasteiger partial charge in [0.05, 0.1) is 37.2 Å². The molecular formula is C19H15F3N6O2. The van der Waals surface area contributed by atoms with Crippen molar-refractivity contribution in [3.63, 3.8) is 0 Å².